The van der Waals surface area contributed by atoms with Crippen LogP contribution >= 0.6 is 0 Å². The molecule has 5 heteroatoms. The minimum absolute atomic E-state index is 0.0367. The van der Waals surface area contributed by atoms with Gasteiger partial charge in [0, 0.05) is 37.0 Å². The number of aliphatic hydroxyl groups is 1. The molecule has 20 heavy (non-hydrogen) atoms. The molecule has 2 aliphatic rings. The summed E-state index contributed by atoms with van der Waals surface area (Å²) in [6.45, 7) is 2.07. The van der Waals surface area contributed by atoms with Gasteiger partial charge in [-0.05, 0) is 31.4 Å². The Morgan fingerprint density at radius 2 is 2.45 bits per heavy atom. The van der Waals surface area contributed by atoms with Gasteiger partial charge in [0.05, 0.1) is 12.9 Å². The van der Waals surface area contributed by atoms with Crippen molar-refractivity contribution in [1.29, 1.82) is 0 Å². The van der Waals surface area contributed by atoms with Crippen molar-refractivity contribution in [3.05, 3.63) is 24.2 Å². The smallest absolute Gasteiger partial charge is 0.223 e. The molecule has 3 rings (SSSR count). The number of rotatable bonds is 6. The lowest BCUT2D eigenvalue weighted by Crippen LogP contribution is -2.39. The number of aliphatic hydroxyl groups excluding tert-OH is 1. The van der Waals surface area contributed by atoms with Crippen LogP contribution in [-0.2, 0) is 9.53 Å². The number of amides is 1. The summed E-state index contributed by atoms with van der Waals surface area (Å²) < 4.78 is 10.8. The molecule has 2 fully saturated rings. The molecule has 5 nitrogen and oxygen atoms in total. The van der Waals surface area contributed by atoms with Crippen molar-refractivity contribution in [3.63, 3.8) is 0 Å². The summed E-state index contributed by atoms with van der Waals surface area (Å²) in [7, 11) is 0. The summed E-state index contributed by atoms with van der Waals surface area (Å²) in [4.78, 5) is 12.2. The number of furan rings is 1. The van der Waals surface area contributed by atoms with Gasteiger partial charge in [0.1, 0.15) is 5.76 Å². The first kappa shape index (κ1) is 13.6. The molecule has 1 aliphatic heterocycles. The third-order valence-corrected chi connectivity index (χ3v) is 4.50. The fraction of sp³-hybridized carbons (Fsp3) is 0.667. The molecule has 0 radical (unpaired) electrons. The van der Waals surface area contributed by atoms with Crippen molar-refractivity contribution < 1.29 is 19.1 Å². The molecule has 1 saturated heterocycles. The first-order valence-corrected chi connectivity index (χ1v) is 7.24. The van der Waals surface area contributed by atoms with Crippen molar-refractivity contribution in [1.82, 2.24) is 5.32 Å². The highest BCUT2D eigenvalue weighted by Crippen LogP contribution is 2.47. The predicted octanol–water partition coefficient (Wildman–Crippen LogP) is 1.29. The van der Waals surface area contributed by atoms with Crippen LogP contribution in [-0.4, -0.2) is 37.4 Å². The molecule has 2 heterocycles. The predicted molar refractivity (Wildman–Crippen MR) is 72.1 cm³/mol. The molecule has 3 atom stereocenters. The van der Waals surface area contributed by atoms with E-state index in [1.807, 2.05) is 12.1 Å². The molecular weight excluding hydrogens is 258 g/mol. The van der Waals surface area contributed by atoms with E-state index < -0.39 is 0 Å². The van der Waals surface area contributed by atoms with Gasteiger partial charge in [0.2, 0.25) is 5.91 Å². The van der Waals surface area contributed by atoms with Crippen LogP contribution in [0.3, 0.4) is 0 Å². The Labute approximate surface area is 118 Å². The summed E-state index contributed by atoms with van der Waals surface area (Å²) in [5, 5.41) is 12.2. The lowest BCUT2D eigenvalue weighted by Gasteiger charge is -2.26. The number of hydrogen-bond acceptors (Lipinski definition) is 4. The van der Waals surface area contributed by atoms with Crippen molar-refractivity contribution >= 4 is 5.91 Å². The molecule has 2 N–H and O–H groups in total. The maximum atomic E-state index is 12.2. The number of hydrogen-bond donors (Lipinski definition) is 2. The first-order valence-electron chi connectivity index (χ1n) is 7.24. The number of nitrogens with one attached hydrogen (secondary N) is 1. The third-order valence-electron chi connectivity index (χ3n) is 4.50. The van der Waals surface area contributed by atoms with Crippen molar-refractivity contribution in [2.75, 3.05) is 26.4 Å². The second-order valence-corrected chi connectivity index (χ2v) is 5.96. The topological polar surface area (TPSA) is 71.7 Å². The van der Waals surface area contributed by atoms with E-state index >= 15 is 0 Å². The Morgan fingerprint density at radius 1 is 1.55 bits per heavy atom. The third kappa shape index (κ3) is 2.74. The molecule has 1 aromatic heterocycles. The van der Waals surface area contributed by atoms with Gasteiger partial charge in [-0.2, -0.15) is 0 Å². The van der Waals surface area contributed by atoms with Crippen molar-refractivity contribution in [2.45, 2.75) is 25.2 Å². The Hall–Kier alpha value is -1.33. The molecule has 0 bridgehead atoms. The fourth-order valence-electron chi connectivity index (χ4n) is 3.02. The molecule has 1 amide bonds. The second-order valence-electron chi connectivity index (χ2n) is 5.96. The van der Waals surface area contributed by atoms with Gasteiger partial charge < -0.3 is 19.6 Å². The van der Waals surface area contributed by atoms with Crippen LogP contribution in [0, 0.1) is 11.3 Å². The van der Waals surface area contributed by atoms with Gasteiger partial charge in [-0.3, -0.25) is 4.79 Å². The van der Waals surface area contributed by atoms with E-state index in [-0.39, 0.29) is 29.8 Å². The van der Waals surface area contributed by atoms with E-state index in [9.17, 15) is 4.79 Å². The Kier molecular flexibility index (Phi) is 3.81. The summed E-state index contributed by atoms with van der Waals surface area (Å²) in [5.74, 6) is 1.27. The monoisotopic (exact) mass is 279 g/mol. The van der Waals surface area contributed by atoms with E-state index in [1.54, 1.807) is 6.26 Å². The van der Waals surface area contributed by atoms with Crippen LogP contribution in [0.2, 0.25) is 0 Å². The van der Waals surface area contributed by atoms with Crippen molar-refractivity contribution in [3.8, 4) is 0 Å². The molecule has 3 unspecified atom stereocenters. The Morgan fingerprint density at radius 3 is 3.10 bits per heavy atom. The molecule has 1 aliphatic carbocycles. The van der Waals surface area contributed by atoms with Gasteiger partial charge in [0.15, 0.2) is 0 Å². The fourth-order valence-corrected chi connectivity index (χ4v) is 3.02. The lowest BCUT2D eigenvalue weighted by atomic mass is 9.84. The molecule has 110 valence electrons. The Balaban J connectivity index is 1.50. The van der Waals surface area contributed by atoms with E-state index in [2.05, 4.69) is 5.32 Å². The average Bonchev–Trinajstić information content (AvgIpc) is 2.89. The van der Waals surface area contributed by atoms with Gasteiger partial charge in [-0.25, -0.2) is 0 Å². The highest BCUT2D eigenvalue weighted by Gasteiger charge is 2.46. The van der Waals surface area contributed by atoms with Gasteiger partial charge in [-0.15, -0.1) is 0 Å². The van der Waals surface area contributed by atoms with E-state index in [4.69, 9.17) is 14.3 Å². The van der Waals surface area contributed by atoms with Crippen LogP contribution in [0.25, 0.3) is 0 Å². The normalized spacial score (nSPS) is 32.2. The summed E-state index contributed by atoms with van der Waals surface area (Å²) in [6.07, 6.45) is 4.09. The number of carbonyl (C=O) groups is 1. The zero-order valence-electron chi connectivity index (χ0n) is 11.5. The highest BCUT2D eigenvalue weighted by atomic mass is 16.5. The van der Waals surface area contributed by atoms with Crippen LogP contribution in [0.15, 0.2) is 22.8 Å². The van der Waals surface area contributed by atoms with E-state index in [0.29, 0.717) is 26.2 Å². The lowest BCUT2D eigenvalue weighted by molar-refractivity contribution is -0.123. The molecule has 1 aromatic rings. The molecule has 1 saturated carbocycles. The zero-order valence-corrected chi connectivity index (χ0v) is 11.5. The van der Waals surface area contributed by atoms with Crippen LogP contribution in [0.1, 0.15) is 30.9 Å². The maximum absolute atomic E-state index is 12.2. The summed E-state index contributed by atoms with van der Waals surface area (Å²) in [5.41, 5.74) is -0.0839. The minimum Gasteiger partial charge on any atom is -0.469 e. The van der Waals surface area contributed by atoms with Gasteiger partial charge >= 0.3 is 0 Å². The number of ether oxygens (including phenoxy) is 1. The quantitative estimate of drug-likeness (QED) is 0.823. The van der Waals surface area contributed by atoms with E-state index in [0.717, 1.165) is 18.6 Å². The SMILES string of the molecule is O=C(NCC1(CCO)CCOC1)C1CC1c1ccco1. The molecule has 0 aromatic carbocycles. The van der Waals surface area contributed by atoms with Crippen LogP contribution < -0.4 is 5.32 Å². The largest absolute Gasteiger partial charge is 0.469 e. The number of carbonyl (C=O) groups excluding carboxylic acids is 1. The first-order chi connectivity index (χ1) is 9.74. The van der Waals surface area contributed by atoms with Crippen LogP contribution in [0.5, 0.6) is 0 Å². The van der Waals surface area contributed by atoms with Crippen LogP contribution in [0.4, 0.5) is 0 Å². The highest BCUT2D eigenvalue weighted by molar-refractivity contribution is 5.82. The van der Waals surface area contributed by atoms with Gasteiger partial charge in [-0.1, -0.05) is 0 Å². The zero-order chi connectivity index (χ0) is 14.0. The second kappa shape index (κ2) is 5.58. The maximum Gasteiger partial charge on any atom is 0.223 e. The van der Waals surface area contributed by atoms with Gasteiger partial charge in [0.25, 0.3) is 0 Å². The molecular formula is C15H21NO4. The summed E-state index contributed by atoms with van der Waals surface area (Å²) in [6, 6.07) is 3.78. The minimum atomic E-state index is -0.0839. The molecule has 0 spiro atoms. The van der Waals surface area contributed by atoms with Crippen molar-refractivity contribution in [2.24, 2.45) is 11.3 Å². The standard InChI is InChI=1S/C15H21NO4/c17-5-3-15(4-7-19-10-15)9-16-14(18)12-8-11(12)13-2-1-6-20-13/h1-2,6,11-12,17H,3-5,7-10H2,(H,16,18). The Bertz CT molecular complexity index is 450. The summed E-state index contributed by atoms with van der Waals surface area (Å²) >= 11 is 0. The van der Waals surface area contributed by atoms with E-state index in [1.165, 1.54) is 0 Å². The average molecular weight is 279 g/mol.